The predicted molar refractivity (Wildman–Crippen MR) is 168 cm³/mol. The number of fused-ring (bicyclic) bond motifs is 2. The molecule has 0 unspecified atom stereocenters. The summed E-state index contributed by atoms with van der Waals surface area (Å²) in [7, 11) is 3.08. The SMILES string of the molecule is CCOC(=O)C1=C(c2ccc3ccccc3c2)N(C)C(=O)/C1=C1/C(=O)N(C)C(c2ccc3ccccc3c2)=C1C(=O)OCC. The molecule has 2 amide bonds. The summed E-state index contributed by atoms with van der Waals surface area (Å²) in [6.45, 7) is 3.42. The molecule has 4 aromatic carbocycles. The first-order valence-corrected chi connectivity index (χ1v) is 14.4. The van der Waals surface area contributed by atoms with E-state index in [1.807, 2.05) is 84.9 Å². The summed E-state index contributed by atoms with van der Waals surface area (Å²) in [5, 5.41) is 3.79. The molecular formula is C36H30N2O6. The molecule has 0 N–H and O–H groups in total. The normalized spacial score (nSPS) is 17.0. The molecule has 0 fully saturated rings. The van der Waals surface area contributed by atoms with E-state index in [2.05, 4.69) is 0 Å². The van der Waals surface area contributed by atoms with Crippen molar-refractivity contribution < 1.29 is 28.7 Å². The van der Waals surface area contributed by atoms with Crippen molar-refractivity contribution in [1.29, 1.82) is 0 Å². The van der Waals surface area contributed by atoms with Gasteiger partial charge in [0.15, 0.2) is 0 Å². The lowest BCUT2D eigenvalue weighted by molar-refractivity contribution is -0.139. The Balaban J connectivity index is 1.67. The van der Waals surface area contributed by atoms with Gasteiger partial charge in [0.1, 0.15) is 0 Å². The van der Waals surface area contributed by atoms with Crippen LogP contribution in [0.2, 0.25) is 0 Å². The minimum atomic E-state index is -0.770. The van der Waals surface area contributed by atoms with Gasteiger partial charge in [0.25, 0.3) is 11.8 Å². The van der Waals surface area contributed by atoms with Crippen molar-refractivity contribution >= 4 is 56.7 Å². The summed E-state index contributed by atoms with van der Waals surface area (Å²) in [6.07, 6.45) is 0. The Hall–Kier alpha value is -5.50. The topological polar surface area (TPSA) is 93.2 Å². The summed E-state index contributed by atoms with van der Waals surface area (Å²) < 4.78 is 10.9. The largest absolute Gasteiger partial charge is 0.462 e. The number of likely N-dealkylation sites (N-methyl/N-ethyl adjacent to an activating group) is 2. The average molecular weight is 587 g/mol. The molecule has 220 valence electrons. The van der Waals surface area contributed by atoms with E-state index in [4.69, 9.17) is 9.47 Å². The summed E-state index contributed by atoms with van der Waals surface area (Å²) >= 11 is 0. The molecule has 2 heterocycles. The van der Waals surface area contributed by atoms with Gasteiger partial charge < -0.3 is 19.3 Å². The molecule has 6 rings (SSSR count). The second kappa shape index (κ2) is 11.3. The third-order valence-corrected chi connectivity index (χ3v) is 7.94. The maximum Gasteiger partial charge on any atom is 0.341 e. The second-order valence-electron chi connectivity index (χ2n) is 10.5. The van der Waals surface area contributed by atoms with E-state index in [9.17, 15) is 19.2 Å². The average Bonchev–Trinajstić information content (AvgIpc) is 3.45. The summed E-state index contributed by atoms with van der Waals surface area (Å²) in [4.78, 5) is 58.3. The molecule has 0 spiro atoms. The fourth-order valence-electron chi connectivity index (χ4n) is 5.94. The Morgan fingerprint density at radius 2 is 0.932 bits per heavy atom. The van der Waals surface area contributed by atoms with Gasteiger partial charge in [-0.15, -0.1) is 0 Å². The Labute approximate surface area is 254 Å². The summed E-state index contributed by atoms with van der Waals surface area (Å²) in [5.74, 6) is -2.74. The number of benzene rings is 4. The molecule has 0 saturated heterocycles. The van der Waals surface area contributed by atoms with Crippen molar-refractivity contribution in [3.8, 4) is 0 Å². The predicted octanol–water partition coefficient (Wildman–Crippen LogP) is 5.48. The van der Waals surface area contributed by atoms with Crippen LogP contribution in [-0.4, -0.2) is 60.9 Å². The zero-order valence-electron chi connectivity index (χ0n) is 24.8. The van der Waals surface area contributed by atoms with E-state index in [1.54, 1.807) is 27.9 Å². The standard InChI is InChI=1S/C36H30N2O6/c1-5-43-35(41)29-27(33(39)37(3)31(29)25-17-15-21-11-7-9-13-23(21)19-25)28-30(36(42)44-6-2)32(38(4)34(28)40)26-18-16-22-12-8-10-14-24(22)20-26/h7-20H,5-6H2,1-4H3/b28-27+. The van der Waals surface area contributed by atoms with Crippen LogP contribution >= 0.6 is 0 Å². The highest BCUT2D eigenvalue weighted by atomic mass is 16.5. The van der Waals surface area contributed by atoms with Gasteiger partial charge in [0, 0.05) is 14.1 Å². The molecule has 44 heavy (non-hydrogen) atoms. The second-order valence-corrected chi connectivity index (χ2v) is 10.5. The number of rotatable bonds is 6. The number of carbonyl (C=O) groups excluding carboxylic acids is 4. The van der Waals surface area contributed by atoms with E-state index >= 15 is 0 Å². The van der Waals surface area contributed by atoms with Crippen LogP contribution in [0.3, 0.4) is 0 Å². The van der Waals surface area contributed by atoms with Crippen molar-refractivity contribution in [3.05, 3.63) is 118 Å². The minimum Gasteiger partial charge on any atom is -0.462 e. The maximum absolute atomic E-state index is 14.1. The molecule has 0 radical (unpaired) electrons. The van der Waals surface area contributed by atoms with E-state index < -0.39 is 23.8 Å². The molecular weight excluding hydrogens is 556 g/mol. The van der Waals surface area contributed by atoms with E-state index in [0.717, 1.165) is 21.5 Å². The van der Waals surface area contributed by atoms with Crippen LogP contribution in [0.15, 0.2) is 107 Å². The zero-order chi connectivity index (χ0) is 31.1. The van der Waals surface area contributed by atoms with Crippen LogP contribution in [0.25, 0.3) is 32.9 Å². The summed E-state index contributed by atoms with van der Waals surface area (Å²) in [6, 6.07) is 26.7. The Kier molecular flexibility index (Phi) is 7.35. The van der Waals surface area contributed by atoms with Gasteiger partial charge in [-0.3, -0.25) is 9.59 Å². The fraction of sp³-hybridized carbons (Fsp3) is 0.167. The van der Waals surface area contributed by atoms with Crippen molar-refractivity contribution in [1.82, 2.24) is 9.80 Å². The van der Waals surface area contributed by atoms with Gasteiger partial charge in [-0.2, -0.15) is 0 Å². The lowest BCUT2D eigenvalue weighted by Gasteiger charge is -2.15. The quantitative estimate of drug-likeness (QED) is 0.219. The molecule has 0 atom stereocenters. The van der Waals surface area contributed by atoms with E-state index in [1.165, 1.54) is 9.80 Å². The fourth-order valence-corrected chi connectivity index (χ4v) is 5.94. The first-order chi connectivity index (χ1) is 21.3. The molecule has 0 aliphatic carbocycles. The van der Waals surface area contributed by atoms with Crippen LogP contribution in [0.4, 0.5) is 0 Å². The molecule has 0 aromatic heterocycles. The van der Waals surface area contributed by atoms with Crippen molar-refractivity contribution in [2.24, 2.45) is 0 Å². The van der Waals surface area contributed by atoms with E-state index in [0.29, 0.717) is 22.5 Å². The van der Waals surface area contributed by atoms with Crippen LogP contribution in [0.1, 0.15) is 25.0 Å². The van der Waals surface area contributed by atoms with Crippen molar-refractivity contribution in [2.75, 3.05) is 27.3 Å². The third-order valence-electron chi connectivity index (χ3n) is 7.94. The Bertz CT molecular complexity index is 1860. The molecule has 2 aliphatic heterocycles. The lowest BCUT2D eigenvalue weighted by atomic mass is 9.92. The first kappa shape index (κ1) is 28.6. The number of hydrogen-bond acceptors (Lipinski definition) is 6. The van der Waals surface area contributed by atoms with Crippen LogP contribution in [0, 0.1) is 0 Å². The zero-order valence-corrected chi connectivity index (χ0v) is 24.8. The molecule has 0 bridgehead atoms. The molecule has 0 saturated carbocycles. The number of hydrogen-bond donors (Lipinski definition) is 0. The monoisotopic (exact) mass is 586 g/mol. The highest BCUT2D eigenvalue weighted by Crippen LogP contribution is 2.44. The molecule has 4 aromatic rings. The summed E-state index contributed by atoms with van der Waals surface area (Å²) in [5.41, 5.74) is 1.23. The third kappa shape index (κ3) is 4.55. The molecule has 2 aliphatic rings. The number of nitrogens with zero attached hydrogens (tertiary/aromatic N) is 2. The molecule has 8 heteroatoms. The minimum absolute atomic E-state index is 0.0462. The number of esters is 2. The van der Waals surface area contributed by atoms with Gasteiger partial charge in [-0.1, -0.05) is 72.8 Å². The van der Waals surface area contributed by atoms with Gasteiger partial charge in [0.05, 0.1) is 46.9 Å². The molecule has 8 nitrogen and oxygen atoms in total. The number of carbonyl (C=O) groups is 4. The highest BCUT2D eigenvalue weighted by molar-refractivity contribution is 6.30. The smallest absolute Gasteiger partial charge is 0.341 e. The van der Waals surface area contributed by atoms with Gasteiger partial charge in [0.2, 0.25) is 0 Å². The number of amides is 2. The van der Waals surface area contributed by atoms with Crippen molar-refractivity contribution in [3.63, 3.8) is 0 Å². The van der Waals surface area contributed by atoms with Crippen LogP contribution in [0.5, 0.6) is 0 Å². The van der Waals surface area contributed by atoms with Crippen LogP contribution < -0.4 is 0 Å². The Morgan fingerprint density at radius 3 is 1.30 bits per heavy atom. The van der Waals surface area contributed by atoms with Crippen LogP contribution in [-0.2, 0) is 28.7 Å². The number of ether oxygens (including phenoxy) is 2. The van der Waals surface area contributed by atoms with Gasteiger partial charge >= 0.3 is 11.9 Å². The Morgan fingerprint density at radius 1 is 0.568 bits per heavy atom. The van der Waals surface area contributed by atoms with Gasteiger partial charge in [-0.05, 0) is 58.7 Å². The lowest BCUT2D eigenvalue weighted by Crippen LogP contribution is -2.25. The highest BCUT2D eigenvalue weighted by Gasteiger charge is 2.47. The van der Waals surface area contributed by atoms with Gasteiger partial charge in [-0.25, -0.2) is 9.59 Å². The van der Waals surface area contributed by atoms with E-state index in [-0.39, 0.29) is 35.5 Å². The maximum atomic E-state index is 14.1. The van der Waals surface area contributed by atoms with Crippen molar-refractivity contribution in [2.45, 2.75) is 13.8 Å². The first-order valence-electron chi connectivity index (χ1n) is 14.4.